The number of hydrogen-bond acceptors (Lipinski definition) is 4. The van der Waals surface area contributed by atoms with Crippen molar-refractivity contribution in [1.82, 2.24) is 5.32 Å². The Bertz CT molecular complexity index is 481. The SMILES string of the molecule is O=[N+]([O-])c1ccccc1/C=C/CNCC1(O)CCC1. The summed E-state index contributed by atoms with van der Waals surface area (Å²) in [5.74, 6) is 0. The number of para-hydroxylation sites is 1. The standard InChI is InChI=1S/C14H18N2O3/c17-14(8-4-9-14)11-15-10-3-6-12-5-1-2-7-13(12)16(18)19/h1-3,5-7,15,17H,4,8-11H2/b6-3+. The summed E-state index contributed by atoms with van der Waals surface area (Å²) < 4.78 is 0. The molecule has 0 atom stereocenters. The van der Waals surface area contributed by atoms with Crippen molar-refractivity contribution in [3.05, 3.63) is 46.0 Å². The topological polar surface area (TPSA) is 75.4 Å². The van der Waals surface area contributed by atoms with Crippen LogP contribution in [0.25, 0.3) is 6.08 Å². The Kier molecular flexibility index (Phi) is 4.29. The smallest absolute Gasteiger partial charge is 0.276 e. The van der Waals surface area contributed by atoms with Crippen molar-refractivity contribution in [1.29, 1.82) is 0 Å². The largest absolute Gasteiger partial charge is 0.389 e. The Balaban J connectivity index is 1.83. The number of hydrogen-bond donors (Lipinski definition) is 2. The van der Waals surface area contributed by atoms with Crippen LogP contribution in [0.15, 0.2) is 30.3 Å². The molecule has 0 amide bonds. The first-order valence-corrected chi connectivity index (χ1v) is 6.44. The zero-order valence-electron chi connectivity index (χ0n) is 10.7. The van der Waals surface area contributed by atoms with Gasteiger partial charge in [0, 0.05) is 19.2 Å². The highest BCUT2D eigenvalue weighted by Gasteiger charge is 2.33. The molecule has 1 aliphatic rings. The van der Waals surface area contributed by atoms with Gasteiger partial charge in [-0.15, -0.1) is 0 Å². The van der Waals surface area contributed by atoms with Crippen molar-refractivity contribution in [2.24, 2.45) is 0 Å². The summed E-state index contributed by atoms with van der Waals surface area (Å²) in [6.45, 7) is 1.17. The molecule has 0 unspecified atom stereocenters. The van der Waals surface area contributed by atoms with E-state index in [1.54, 1.807) is 24.3 Å². The molecule has 1 saturated carbocycles. The first-order chi connectivity index (χ1) is 9.11. The number of aliphatic hydroxyl groups is 1. The zero-order chi connectivity index (χ0) is 13.7. The molecule has 1 fully saturated rings. The van der Waals surface area contributed by atoms with E-state index in [0.29, 0.717) is 18.7 Å². The Morgan fingerprint density at radius 3 is 2.79 bits per heavy atom. The minimum absolute atomic E-state index is 0.108. The van der Waals surface area contributed by atoms with Gasteiger partial charge >= 0.3 is 0 Å². The monoisotopic (exact) mass is 262 g/mol. The molecule has 1 aromatic carbocycles. The van der Waals surface area contributed by atoms with Crippen LogP contribution in [0.3, 0.4) is 0 Å². The maximum Gasteiger partial charge on any atom is 0.276 e. The van der Waals surface area contributed by atoms with E-state index in [1.807, 2.05) is 6.08 Å². The molecule has 2 N–H and O–H groups in total. The highest BCUT2D eigenvalue weighted by Crippen LogP contribution is 2.30. The maximum atomic E-state index is 10.8. The van der Waals surface area contributed by atoms with Gasteiger partial charge in [-0.2, -0.15) is 0 Å². The fourth-order valence-electron chi connectivity index (χ4n) is 2.13. The third-order valence-corrected chi connectivity index (χ3v) is 3.43. The first-order valence-electron chi connectivity index (χ1n) is 6.44. The molecule has 0 bridgehead atoms. The Morgan fingerprint density at radius 2 is 2.16 bits per heavy atom. The number of rotatable bonds is 6. The number of nitro benzene ring substituents is 1. The Hall–Kier alpha value is -1.72. The summed E-state index contributed by atoms with van der Waals surface area (Å²) in [5, 5.41) is 23.8. The van der Waals surface area contributed by atoms with Crippen LogP contribution in [-0.4, -0.2) is 28.7 Å². The molecule has 5 heteroatoms. The van der Waals surface area contributed by atoms with E-state index in [1.165, 1.54) is 6.07 Å². The average molecular weight is 262 g/mol. The third kappa shape index (κ3) is 3.62. The molecule has 0 heterocycles. The van der Waals surface area contributed by atoms with Crippen molar-refractivity contribution in [3.8, 4) is 0 Å². The zero-order valence-corrected chi connectivity index (χ0v) is 10.7. The molecule has 5 nitrogen and oxygen atoms in total. The second kappa shape index (κ2) is 5.95. The van der Waals surface area contributed by atoms with E-state index in [-0.39, 0.29) is 10.6 Å². The van der Waals surface area contributed by atoms with E-state index < -0.39 is 5.60 Å². The van der Waals surface area contributed by atoms with Crippen LogP contribution in [0.1, 0.15) is 24.8 Å². The molecular formula is C14H18N2O3. The first kappa shape index (κ1) is 13.7. The summed E-state index contributed by atoms with van der Waals surface area (Å²) in [6.07, 6.45) is 6.37. The van der Waals surface area contributed by atoms with Crippen molar-refractivity contribution in [2.45, 2.75) is 24.9 Å². The van der Waals surface area contributed by atoms with Gasteiger partial charge in [0.2, 0.25) is 0 Å². The van der Waals surface area contributed by atoms with Crippen molar-refractivity contribution in [2.75, 3.05) is 13.1 Å². The summed E-state index contributed by atoms with van der Waals surface area (Å²) in [6, 6.07) is 6.63. The molecule has 1 aliphatic carbocycles. The quantitative estimate of drug-likeness (QED) is 0.468. The predicted octanol–water partition coefficient (Wildman–Crippen LogP) is 2.11. The summed E-state index contributed by atoms with van der Waals surface area (Å²) >= 11 is 0. The number of nitrogens with zero attached hydrogens (tertiary/aromatic N) is 1. The van der Waals surface area contributed by atoms with Crippen LogP contribution in [-0.2, 0) is 0 Å². The van der Waals surface area contributed by atoms with Crippen LogP contribution in [0, 0.1) is 10.1 Å². The Morgan fingerprint density at radius 1 is 1.42 bits per heavy atom. The molecule has 19 heavy (non-hydrogen) atoms. The van der Waals surface area contributed by atoms with E-state index in [9.17, 15) is 15.2 Å². The lowest BCUT2D eigenvalue weighted by atomic mass is 9.80. The van der Waals surface area contributed by atoms with Gasteiger partial charge in [-0.25, -0.2) is 0 Å². The third-order valence-electron chi connectivity index (χ3n) is 3.43. The van der Waals surface area contributed by atoms with Gasteiger partial charge in [-0.1, -0.05) is 24.3 Å². The van der Waals surface area contributed by atoms with Gasteiger partial charge in [0.15, 0.2) is 0 Å². The van der Waals surface area contributed by atoms with Crippen LogP contribution in [0.5, 0.6) is 0 Å². The summed E-state index contributed by atoms with van der Waals surface area (Å²) in [7, 11) is 0. The van der Waals surface area contributed by atoms with Gasteiger partial charge < -0.3 is 10.4 Å². The summed E-state index contributed by atoms with van der Waals surface area (Å²) in [5.41, 5.74) is 0.167. The van der Waals surface area contributed by atoms with Gasteiger partial charge in [0.1, 0.15) is 0 Å². The van der Waals surface area contributed by atoms with E-state index in [2.05, 4.69) is 5.32 Å². The lowest BCUT2D eigenvalue weighted by molar-refractivity contribution is -0.385. The summed E-state index contributed by atoms with van der Waals surface area (Å²) in [4.78, 5) is 10.4. The van der Waals surface area contributed by atoms with Crippen LogP contribution >= 0.6 is 0 Å². The molecule has 1 aromatic rings. The number of benzene rings is 1. The lowest BCUT2D eigenvalue weighted by Crippen LogP contribution is -2.46. The van der Waals surface area contributed by atoms with Crippen molar-refractivity contribution < 1.29 is 10.0 Å². The molecule has 0 aromatic heterocycles. The van der Waals surface area contributed by atoms with Crippen LogP contribution in [0.2, 0.25) is 0 Å². The minimum Gasteiger partial charge on any atom is -0.389 e. The highest BCUT2D eigenvalue weighted by molar-refractivity contribution is 5.60. The lowest BCUT2D eigenvalue weighted by Gasteiger charge is -2.36. The maximum absolute atomic E-state index is 10.8. The molecule has 0 spiro atoms. The van der Waals surface area contributed by atoms with E-state index in [4.69, 9.17) is 0 Å². The van der Waals surface area contributed by atoms with Crippen molar-refractivity contribution in [3.63, 3.8) is 0 Å². The minimum atomic E-state index is -0.535. The van der Waals surface area contributed by atoms with E-state index in [0.717, 1.165) is 19.3 Å². The van der Waals surface area contributed by atoms with Gasteiger partial charge in [-0.05, 0) is 25.3 Å². The predicted molar refractivity (Wildman–Crippen MR) is 73.8 cm³/mol. The number of nitro groups is 1. The van der Waals surface area contributed by atoms with Crippen LogP contribution in [0.4, 0.5) is 5.69 Å². The molecule has 0 aliphatic heterocycles. The van der Waals surface area contributed by atoms with Crippen LogP contribution < -0.4 is 5.32 Å². The van der Waals surface area contributed by atoms with Gasteiger partial charge in [0.05, 0.1) is 16.1 Å². The molecule has 102 valence electrons. The second-order valence-corrected chi connectivity index (χ2v) is 4.93. The molecule has 2 rings (SSSR count). The highest BCUT2D eigenvalue weighted by atomic mass is 16.6. The molecular weight excluding hydrogens is 244 g/mol. The van der Waals surface area contributed by atoms with Gasteiger partial charge in [0.25, 0.3) is 5.69 Å². The number of nitrogens with one attached hydrogen (secondary N) is 1. The molecule has 0 radical (unpaired) electrons. The fraction of sp³-hybridized carbons (Fsp3) is 0.429. The Labute approximate surface area is 112 Å². The second-order valence-electron chi connectivity index (χ2n) is 4.93. The fourth-order valence-corrected chi connectivity index (χ4v) is 2.13. The normalized spacial score (nSPS) is 17.3. The average Bonchev–Trinajstić information content (AvgIpc) is 2.36. The van der Waals surface area contributed by atoms with Crippen molar-refractivity contribution >= 4 is 11.8 Å². The van der Waals surface area contributed by atoms with Gasteiger partial charge in [-0.3, -0.25) is 10.1 Å². The molecule has 0 saturated heterocycles. The van der Waals surface area contributed by atoms with E-state index >= 15 is 0 Å².